The number of nitrogens with zero attached hydrogens (tertiary/aromatic N) is 4. The van der Waals surface area contributed by atoms with E-state index >= 15 is 0 Å². The molecule has 0 spiro atoms. The van der Waals surface area contributed by atoms with Crippen molar-refractivity contribution in [2.24, 2.45) is 23.7 Å². The van der Waals surface area contributed by atoms with Crippen molar-refractivity contribution in [3.8, 4) is 0 Å². The Morgan fingerprint density at radius 2 is 1.93 bits per heavy atom. The first-order chi connectivity index (χ1) is 20.7. The fourth-order valence-electron chi connectivity index (χ4n) is 6.97. The number of aromatic nitrogens is 4. The van der Waals surface area contributed by atoms with Crippen LogP contribution in [0.5, 0.6) is 0 Å². The van der Waals surface area contributed by atoms with E-state index in [1.807, 2.05) is 32.0 Å². The number of aryl methyl sites for hydroxylation is 2. The molecule has 5 atom stereocenters. The third-order valence-electron chi connectivity index (χ3n) is 9.37. The lowest BCUT2D eigenvalue weighted by atomic mass is 9.68. The predicted molar refractivity (Wildman–Crippen MR) is 158 cm³/mol. The Labute approximate surface area is 249 Å². The van der Waals surface area contributed by atoms with Crippen molar-refractivity contribution >= 4 is 34.5 Å². The van der Waals surface area contributed by atoms with Gasteiger partial charge in [0.2, 0.25) is 0 Å². The van der Waals surface area contributed by atoms with Crippen molar-refractivity contribution < 1.29 is 23.5 Å². The second-order valence-corrected chi connectivity index (χ2v) is 11.7. The van der Waals surface area contributed by atoms with Crippen LogP contribution in [0.25, 0.3) is 16.7 Å². The second-order valence-electron chi connectivity index (χ2n) is 11.7. The molecular formula is C32H36N6O5. The summed E-state index contributed by atoms with van der Waals surface area (Å²) < 4.78 is 12.4. The van der Waals surface area contributed by atoms with Crippen LogP contribution in [0.15, 0.2) is 47.7 Å². The van der Waals surface area contributed by atoms with Gasteiger partial charge in [-0.15, -0.1) is 0 Å². The van der Waals surface area contributed by atoms with E-state index in [1.54, 1.807) is 6.08 Å². The van der Waals surface area contributed by atoms with E-state index in [0.717, 1.165) is 53.5 Å². The van der Waals surface area contributed by atoms with E-state index in [-0.39, 0.29) is 66.0 Å². The second kappa shape index (κ2) is 11.6. The topological polar surface area (TPSA) is 141 Å². The normalized spacial score (nSPS) is 23.2. The first-order valence-corrected chi connectivity index (χ1v) is 14.8. The van der Waals surface area contributed by atoms with E-state index < -0.39 is 5.91 Å². The minimum absolute atomic E-state index is 0.0426. The van der Waals surface area contributed by atoms with Crippen molar-refractivity contribution in [1.29, 1.82) is 0 Å². The maximum absolute atomic E-state index is 13.6. The summed E-state index contributed by atoms with van der Waals surface area (Å²) >= 11 is 0. The molecule has 0 saturated heterocycles. The standard InChI is InChI=1S/C32H36N6O5/c1-5-12-42-31(41)22-7-8-23-21(18(22)3)9-10-25(23)36-30(40)27-14-26(37-32-34-16-35-38(27)32)29(39)33-15-20-6-11-28-24(13-20)17(2)19(4)43-28/h5-6,11,13-14,16,18,21-23,25H,1,7-10,12,15H2,2-4H3,(H,33,39)(H,36,40)/t18?,21?,22-,23?,25-/m0/s1. The van der Waals surface area contributed by atoms with Crippen LogP contribution < -0.4 is 10.6 Å². The van der Waals surface area contributed by atoms with Crippen LogP contribution >= 0.6 is 0 Å². The first-order valence-electron chi connectivity index (χ1n) is 14.8. The summed E-state index contributed by atoms with van der Waals surface area (Å²) in [6.45, 7) is 10.2. The minimum Gasteiger partial charge on any atom is -0.461 e. The van der Waals surface area contributed by atoms with Gasteiger partial charge in [-0.3, -0.25) is 14.4 Å². The number of furan rings is 1. The molecule has 43 heavy (non-hydrogen) atoms. The molecule has 1 aromatic carbocycles. The zero-order valence-electron chi connectivity index (χ0n) is 24.6. The molecule has 4 aromatic rings. The number of carbonyl (C=O) groups excluding carboxylic acids is 3. The largest absolute Gasteiger partial charge is 0.461 e. The fourth-order valence-corrected chi connectivity index (χ4v) is 6.97. The monoisotopic (exact) mass is 584 g/mol. The molecule has 11 heteroatoms. The number of amides is 2. The lowest BCUT2D eigenvalue weighted by Gasteiger charge is -2.38. The summed E-state index contributed by atoms with van der Waals surface area (Å²) in [4.78, 5) is 47.9. The third kappa shape index (κ3) is 5.39. The van der Waals surface area contributed by atoms with Crippen molar-refractivity contribution in [1.82, 2.24) is 30.2 Å². The number of hydrogen-bond acceptors (Lipinski definition) is 8. The molecule has 2 fully saturated rings. The van der Waals surface area contributed by atoms with Gasteiger partial charge in [0.15, 0.2) is 0 Å². The van der Waals surface area contributed by atoms with Crippen LogP contribution in [0.2, 0.25) is 0 Å². The quantitative estimate of drug-likeness (QED) is 0.231. The van der Waals surface area contributed by atoms with Gasteiger partial charge in [-0.1, -0.05) is 25.6 Å². The molecule has 3 unspecified atom stereocenters. The number of benzene rings is 1. The molecule has 2 N–H and O–H groups in total. The average molecular weight is 585 g/mol. The summed E-state index contributed by atoms with van der Waals surface area (Å²) in [5.74, 6) is 0.719. The molecular weight excluding hydrogens is 548 g/mol. The molecule has 11 nitrogen and oxygen atoms in total. The highest BCUT2D eigenvalue weighted by Crippen LogP contribution is 2.48. The van der Waals surface area contributed by atoms with Gasteiger partial charge in [0, 0.05) is 24.0 Å². The molecule has 3 aromatic heterocycles. The summed E-state index contributed by atoms with van der Waals surface area (Å²) in [6, 6.07) is 7.23. The highest BCUT2D eigenvalue weighted by atomic mass is 16.5. The molecule has 2 saturated carbocycles. The number of esters is 1. The van der Waals surface area contributed by atoms with Crippen molar-refractivity contribution in [3.63, 3.8) is 0 Å². The molecule has 6 rings (SSSR count). The van der Waals surface area contributed by atoms with E-state index in [9.17, 15) is 14.4 Å². The van der Waals surface area contributed by atoms with Crippen LogP contribution in [0.4, 0.5) is 0 Å². The third-order valence-corrected chi connectivity index (χ3v) is 9.37. The van der Waals surface area contributed by atoms with Gasteiger partial charge in [-0.2, -0.15) is 14.6 Å². The van der Waals surface area contributed by atoms with E-state index in [1.165, 1.54) is 16.9 Å². The molecule has 2 aliphatic rings. The van der Waals surface area contributed by atoms with E-state index in [0.29, 0.717) is 5.92 Å². The Hall–Kier alpha value is -4.54. The van der Waals surface area contributed by atoms with Crippen LogP contribution in [0, 0.1) is 37.5 Å². The van der Waals surface area contributed by atoms with E-state index in [4.69, 9.17) is 9.15 Å². The molecule has 2 aliphatic carbocycles. The highest BCUT2D eigenvalue weighted by molar-refractivity contribution is 5.98. The number of nitrogens with one attached hydrogen (secondary N) is 2. The molecule has 2 amide bonds. The van der Waals surface area contributed by atoms with Gasteiger partial charge in [-0.05, 0) is 80.5 Å². The van der Waals surface area contributed by atoms with Crippen molar-refractivity contribution in [3.05, 3.63) is 71.5 Å². The summed E-state index contributed by atoms with van der Waals surface area (Å²) in [5, 5.41) is 11.3. The Morgan fingerprint density at radius 1 is 1.12 bits per heavy atom. The maximum atomic E-state index is 13.6. The zero-order valence-corrected chi connectivity index (χ0v) is 24.6. The zero-order chi connectivity index (χ0) is 30.2. The minimum atomic E-state index is -0.420. The first kappa shape index (κ1) is 28.6. The van der Waals surface area contributed by atoms with Crippen LogP contribution in [-0.4, -0.2) is 50.0 Å². The molecule has 0 radical (unpaired) electrons. The highest BCUT2D eigenvalue weighted by Gasteiger charge is 2.47. The Morgan fingerprint density at radius 3 is 2.74 bits per heavy atom. The number of rotatable bonds is 8. The van der Waals surface area contributed by atoms with Gasteiger partial charge in [0.05, 0.1) is 5.92 Å². The van der Waals surface area contributed by atoms with E-state index in [2.05, 4.69) is 39.2 Å². The van der Waals surface area contributed by atoms with Gasteiger partial charge in [0.25, 0.3) is 17.6 Å². The lowest BCUT2D eigenvalue weighted by molar-refractivity contribution is -0.152. The van der Waals surface area contributed by atoms with Crippen molar-refractivity contribution in [2.45, 2.75) is 59.0 Å². The van der Waals surface area contributed by atoms with Crippen molar-refractivity contribution in [2.75, 3.05) is 6.61 Å². The smallest absolute Gasteiger partial charge is 0.309 e. The Balaban J connectivity index is 1.15. The van der Waals surface area contributed by atoms with Gasteiger partial charge in [-0.25, -0.2) is 4.98 Å². The number of carbonyl (C=O) groups is 3. The van der Waals surface area contributed by atoms with Crippen LogP contribution in [0.1, 0.15) is 70.5 Å². The molecule has 0 aliphatic heterocycles. The average Bonchev–Trinajstić information content (AvgIpc) is 3.72. The predicted octanol–water partition coefficient (Wildman–Crippen LogP) is 4.32. The number of ether oxygens (including phenoxy) is 1. The Bertz CT molecular complexity index is 1720. The lowest BCUT2D eigenvalue weighted by Crippen LogP contribution is -2.44. The molecule has 0 bridgehead atoms. The van der Waals surface area contributed by atoms with Gasteiger partial charge >= 0.3 is 5.97 Å². The van der Waals surface area contributed by atoms with Gasteiger partial charge in [0.1, 0.15) is 35.7 Å². The van der Waals surface area contributed by atoms with Gasteiger partial charge < -0.3 is 19.8 Å². The molecule has 3 heterocycles. The SMILES string of the molecule is C=CCOC(=O)[C@H]1CCC2C(CC[C@@H]2NC(=O)c2cc(C(=O)NCc3ccc4oc(C)c(C)c4c3)nc3ncnn23)C1C. The fraction of sp³-hybridized carbons (Fsp3) is 0.438. The van der Waals surface area contributed by atoms with Crippen LogP contribution in [-0.2, 0) is 16.1 Å². The number of hydrogen-bond donors (Lipinski definition) is 2. The Kier molecular flexibility index (Phi) is 7.72. The van der Waals surface area contributed by atoms with Crippen LogP contribution in [0.3, 0.4) is 0 Å². The summed E-state index contributed by atoms with van der Waals surface area (Å²) in [6.07, 6.45) is 6.20. The number of fused-ring (bicyclic) bond motifs is 3. The summed E-state index contributed by atoms with van der Waals surface area (Å²) in [7, 11) is 0. The molecule has 224 valence electrons. The maximum Gasteiger partial charge on any atom is 0.309 e. The summed E-state index contributed by atoms with van der Waals surface area (Å²) in [5.41, 5.74) is 3.07.